The van der Waals surface area contributed by atoms with E-state index in [9.17, 15) is 0 Å². The second kappa shape index (κ2) is 4.12. The molecular formula is C10H10N2OS2. The smallest absolute Gasteiger partial charge is 0.260 e. The number of hydrogen-bond acceptors (Lipinski definition) is 4. The van der Waals surface area contributed by atoms with Crippen LogP contribution in [0.15, 0.2) is 18.2 Å². The molecule has 2 rings (SSSR count). The van der Waals surface area contributed by atoms with Crippen LogP contribution in [0, 0.1) is 6.92 Å². The molecule has 1 aromatic carbocycles. The molecule has 0 unspecified atom stereocenters. The summed E-state index contributed by atoms with van der Waals surface area (Å²) in [5, 5.41) is 4.42. The number of nitrogens with one attached hydrogen (secondary N) is 1. The Bertz CT molecular complexity index is 507. The van der Waals surface area contributed by atoms with E-state index in [1.165, 1.54) is 0 Å². The Balaban J connectivity index is 2.33. The summed E-state index contributed by atoms with van der Waals surface area (Å²) in [6, 6.07) is 5.93. The van der Waals surface area contributed by atoms with E-state index in [4.69, 9.17) is 17.0 Å². The number of thiocarbonyl (C=S) groups is 1. The van der Waals surface area contributed by atoms with Crippen LogP contribution in [-0.4, -0.2) is 17.3 Å². The molecule has 0 saturated heterocycles. The quantitative estimate of drug-likeness (QED) is 0.775. The van der Waals surface area contributed by atoms with Gasteiger partial charge in [-0.25, -0.2) is 4.98 Å². The van der Waals surface area contributed by atoms with Crippen LogP contribution < -0.4 is 5.32 Å². The summed E-state index contributed by atoms with van der Waals surface area (Å²) in [6.07, 6.45) is 0. The molecule has 0 aliphatic rings. The fourth-order valence-electron chi connectivity index (χ4n) is 1.29. The minimum absolute atomic E-state index is 0.371. The zero-order valence-electron chi connectivity index (χ0n) is 8.40. The van der Waals surface area contributed by atoms with Crippen molar-refractivity contribution in [3.8, 4) is 0 Å². The molecule has 0 spiro atoms. The maximum atomic E-state index is 4.92. The lowest BCUT2D eigenvalue weighted by Crippen LogP contribution is -2.10. The van der Waals surface area contributed by atoms with E-state index < -0.39 is 0 Å². The Kier molecular flexibility index (Phi) is 2.83. The first kappa shape index (κ1) is 10.3. The van der Waals surface area contributed by atoms with Crippen LogP contribution in [0.2, 0.25) is 0 Å². The highest BCUT2D eigenvalue weighted by Crippen LogP contribution is 2.24. The van der Waals surface area contributed by atoms with Crippen molar-refractivity contribution >= 4 is 44.6 Å². The summed E-state index contributed by atoms with van der Waals surface area (Å²) in [7, 11) is 1.55. The first-order valence-corrected chi connectivity index (χ1v) is 5.63. The van der Waals surface area contributed by atoms with E-state index in [-0.39, 0.29) is 0 Å². The van der Waals surface area contributed by atoms with Gasteiger partial charge < -0.3 is 10.1 Å². The summed E-state index contributed by atoms with van der Waals surface area (Å²) in [4.78, 5) is 4.38. The molecule has 0 bridgehead atoms. The minimum Gasteiger partial charge on any atom is -0.474 e. The lowest BCUT2D eigenvalue weighted by Gasteiger charge is -2.05. The predicted octanol–water partition coefficient (Wildman–Crippen LogP) is 2.95. The third kappa shape index (κ3) is 2.24. The SMILES string of the molecule is COC(=S)Nc1ccc2nc(C)sc2c1. The molecule has 0 saturated carbocycles. The maximum Gasteiger partial charge on any atom is 0.260 e. The molecule has 0 amide bonds. The molecule has 0 fully saturated rings. The third-order valence-electron chi connectivity index (χ3n) is 1.93. The standard InChI is InChI=1S/C10H10N2OS2/c1-6-11-8-4-3-7(5-9(8)15-6)12-10(14)13-2/h3-5H,1-2H3,(H,12,14). The van der Waals surface area contributed by atoms with Gasteiger partial charge in [0.05, 0.1) is 22.3 Å². The number of aryl methyl sites for hydroxylation is 1. The zero-order chi connectivity index (χ0) is 10.8. The van der Waals surface area contributed by atoms with Crippen LogP contribution in [0.5, 0.6) is 0 Å². The predicted molar refractivity (Wildman–Crippen MR) is 67.6 cm³/mol. The lowest BCUT2D eigenvalue weighted by molar-refractivity contribution is 0.413. The van der Waals surface area contributed by atoms with E-state index in [1.807, 2.05) is 25.1 Å². The number of hydrogen-bond donors (Lipinski definition) is 1. The number of methoxy groups -OCH3 is 1. The van der Waals surface area contributed by atoms with Gasteiger partial charge in [0, 0.05) is 5.69 Å². The molecule has 0 aliphatic carbocycles. The molecule has 15 heavy (non-hydrogen) atoms. The zero-order valence-corrected chi connectivity index (χ0v) is 10.0. The average Bonchev–Trinajstić information content (AvgIpc) is 2.57. The highest BCUT2D eigenvalue weighted by Gasteiger charge is 2.02. The van der Waals surface area contributed by atoms with Crippen molar-refractivity contribution in [1.29, 1.82) is 0 Å². The molecule has 0 atom stereocenters. The van der Waals surface area contributed by atoms with Crippen molar-refractivity contribution in [3.05, 3.63) is 23.2 Å². The van der Waals surface area contributed by atoms with Crippen molar-refractivity contribution in [1.82, 2.24) is 4.98 Å². The van der Waals surface area contributed by atoms with Crippen molar-refractivity contribution in [2.24, 2.45) is 0 Å². The van der Waals surface area contributed by atoms with Crippen LogP contribution in [0.4, 0.5) is 5.69 Å². The van der Waals surface area contributed by atoms with E-state index in [0.717, 1.165) is 20.9 Å². The van der Waals surface area contributed by atoms with Crippen LogP contribution in [0.25, 0.3) is 10.2 Å². The molecule has 3 nitrogen and oxygen atoms in total. The van der Waals surface area contributed by atoms with Crippen molar-refractivity contribution in [3.63, 3.8) is 0 Å². The number of thiazole rings is 1. The van der Waals surface area contributed by atoms with E-state index in [0.29, 0.717) is 5.17 Å². The topological polar surface area (TPSA) is 34.1 Å². The summed E-state index contributed by atoms with van der Waals surface area (Å²) < 4.78 is 6.03. The fourth-order valence-corrected chi connectivity index (χ4v) is 2.27. The summed E-state index contributed by atoms with van der Waals surface area (Å²) in [5.74, 6) is 0. The van der Waals surface area contributed by atoms with Crippen molar-refractivity contribution < 1.29 is 4.74 Å². The van der Waals surface area contributed by atoms with Crippen molar-refractivity contribution in [2.45, 2.75) is 6.92 Å². The van der Waals surface area contributed by atoms with Crippen LogP contribution >= 0.6 is 23.6 Å². The first-order valence-electron chi connectivity index (χ1n) is 4.41. The van der Waals surface area contributed by atoms with E-state index in [2.05, 4.69) is 10.3 Å². The summed E-state index contributed by atoms with van der Waals surface area (Å²) in [5.41, 5.74) is 1.95. The van der Waals surface area contributed by atoms with Crippen LogP contribution in [0.1, 0.15) is 5.01 Å². The third-order valence-corrected chi connectivity index (χ3v) is 3.13. The van der Waals surface area contributed by atoms with Gasteiger partial charge in [-0.2, -0.15) is 0 Å². The monoisotopic (exact) mass is 238 g/mol. The van der Waals surface area contributed by atoms with Gasteiger partial charge in [-0.05, 0) is 37.3 Å². The van der Waals surface area contributed by atoms with Gasteiger partial charge >= 0.3 is 0 Å². The second-order valence-electron chi connectivity index (χ2n) is 3.03. The number of aromatic nitrogens is 1. The molecule has 78 valence electrons. The van der Waals surface area contributed by atoms with Crippen molar-refractivity contribution in [2.75, 3.05) is 12.4 Å². The lowest BCUT2D eigenvalue weighted by atomic mass is 10.3. The highest BCUT2D eigenvalue weighted by molar-refractivity contribution is 7.80. The molecule has 1 aromatic heterocycles. The fraction of sp³-hybridized carbons (Fsp3) is 0.200. The Morgan fingerprint density at radius 3 is 3.07 bits per heavy atom. The van der Waals surface area contributed by atoms with Gasteiger partial charge in [0.25, 0.3) is 5.17 Å². The Morgan fingerprint density at radius 1 is 1.53 bits per heavy atom. The molecule has 2 aromatic rings. The normalized spacial score (nSPS) is 10.3. The minimum atomic E-state index is 0.371. The van der Waals surface area contributed by atoms with E-state index in [1.54, 1.807) is 18.4 Å². The molecular weight excluding hydrogens is 228 g/mol. The van der Waals surface area contributed by atoms with E-state index >= 15 is 0 Å². The van der Waals surface area contributed by atoms with Crippen LogP contribution in [0.3, 0.4) is 0 Å². The second-order valence-corrected chi connectivity index (χ2v) is 4.64. The average molecular weight is 238 g/mol. The Labute approximate surface area is 97.1 Å². The highest BCUT2D eigenvalue weighted by atomic mass is 32.1. The Hall–Kier alpha value is -1.20. The Morgan fingerprint density at radius 2 is 2.33 bits per heavy atom. The van der Waals surface area contributed by atoms with Crippen LogP contribution in [-0.2, 0) is 4.74 Å². The molecule has 5 heteroatoms. The summed E-state index contributed by atoms with van der Waals surface area (Å²) >= 11 is 6.59. The van der Waals surface area contributed by atoms with Gasteiger partial charge in [0.2, 0.25) is 0 Å². The maximum absolute atomic E-state index is 4.92. The number of anilines is 1. The van der Waals surface area contributed by atoms with Gasteiger partial charge in [-0.3, -0.25) is 0 Å². The molecule has 0 radical (unpaired) electrons. The number of nitrogens with zero attached hydrogens (tertiary/aromatic N) is 1. The van der Waals surface area contributed by atoms with Gasteiger partial charge in [0.15, 0.2) is 0 Å². The van der Waals surface area contributed by atoms with Gasteiger partial charge in [-0.1, -0.05) is 0 Å². The summed E-state index contributed by atoms with van der Waals surface area (Å²) in [6.45, 7) is 2.00. The molecule has 1 N–H and O–H groups in total. The number of fused-ring (bicyclic) bond motifs is 1. The number of rotatable bonds is 1. The number of benzene rings is 1. The largest absolute Gasteiger partial charge is 0.474 e. The molecule has 0 aliphatic heterocycles. The molecule has 1 heterocycles. The number of ether oxygens (including phenoxy) is 1. The van der Waals surface area contributed by atoms with Gasteiger partial charge in [-0.15, -0.1) is 11.3 Å². The van der Waals surface area contributed by atoms with Gasteiger partial charge in [0.1, 0.15) is 0 Å². The first-order chi connectivity index (χ1) is 7.19.